The van der Waals surface area contributed by atoms with Gasteiger partial charge in [0, 0.05) is 44.5 Å². The van der Waals surface area contributed by atoms with Crippen LogP contribution in [0.15, 0.2) is 36.4 Å². The van der Waals surface area contributed by atoms with Crippen molar-refractivity contribution in [1.82, 2.24) is 24.3 Å². The Labute approximate surface area is 198 Å². The third kappa shape index (κ3) is 5.50. The number of hydrogen-bond donors (Lipinski definition) is 0. The quantitative estimate of drug-likeness (QED) is 0.498. The fraction of sp³-hybridized carbons (Fsp3) is 0.462. The summed E-state index contributed by atoms with van der Waals surface area (Å²) in [5.74, 6) is -0.912. The molecule has 1 fully saturated rings. The SMILES string of the molecule is Cc1cc(C)c2nc(C(F)(F)F)n(Cc3ccc(C=CCN4CCN(C(C)C)CC4)cc3)c2n1. The fourth-order valence-corrected chi connectivity index (χ4v) is 4.49. The molecule has 3 aromatic rings. The van der Waals surface area contributed by atoms with Gasteiger partial charge in [0.25, 0.3) is 0 Å². The molecule has 0 atom stereocenters. The second-order valence-corrected chi connectivity index (χ2v) is 9.35. The summed E-state index contributed by atoms with van der Waals surface area (Å²) >= 11 is 0. The largest absolute Gasteiger partial charge is 0.449 e. The van der Waals surface area contributed by atoms with Gasteiger partial charge in [-0.05, 0) is 50.5 Å². The lowest BCUT2D eigenvalue weighted by Crippen LogP contribution is -2.48. The Morgan fingerprint density at radius 2 is 1.68 bits per heavy atom. The maximum absolute atomic E-state index is 13.7. The molecule has 2 aromatic heterocycles. The Hall–Kier alpha value is -2.71. The zero-order valence-electron chi connectivity index (χ0n) is 20.2. The van der Waals surface area contributed by atoms with Gasteiger partial charge < -0.3 is 4.57 Å². The molecule has 0 aliphatic carbocycles. The van der Waals surface area contributed by atoms with Gasteiger partial charge in [0.15, 0.2) is 5.65 Å². The molecule has 0 radical (unpaired) electrons. The molecule has 0 amide bonds. The highest BCUT2D eigenvalue weighted by Gasteiger charge is 2.38. The number of halogens is 3. The number of rotatable bonds is 6. The zero-order valence-corrected chi connectivity index (χ0v) is 20.2. The Morgan fingerprint density at radius 1 is 1.00 bits per heavy atom. The van der Waals surface area contributed by atoms with Crippen molar-refractivity contribution in [2.45, 2.75) is 46.5 Å². The zero-order chi connectivity index (χ0) is 24.5. The molecule has 1 aromatic carbocycles. The number of nitrogens with zero attached hydrogens (tertiary/aromatic N) is 5. The first-order valence-corrected chi connectivity index (χ1v) is 11.8. The summed E-state index contributed by atoms with van der Waals surface area (Å²) in [5, 5.41) is 0. The van der Waals surface area contributed by atoms with Crippen LogP contribution in [0.5, 0.6) is 0 Å². The first-order valence-electron chi connectivity index (χ1n) is 11.8. The van der Waals surface area contributed by atoms with E-state index in [-0.39, 0.29) is 12.2 Å². The lowest BCUT2D eigenvalue weighted by atomic mass is 10.1. The Kier molecular flexibility index (Phi) is 7.09. The summed E-state index contributed by atoms with van der Waals surface area (Å²) in [6.45, 7) is 13.3. The van der Waals surface area contributed by atoms with Crippen molar-refractivity contribution in [1.29, 1.82) is 0 Å². The van der Waals surface area contributed by atoms with Crippen molar-refractivity contribution in [3.05, 3.63) is 64.6 Å². The predicted octanol–water partition coefficient (Wildman–Crippen LogP) is 5.15. The van der Waals surface area contributed by atoms with Crippen LogP contribution < -0.4 is 0 Å². The van der Waals surface area contributed by atoms with Crippen LogP contribution in [0, 0.1) is 13.8 Å². The van der Waals surface area contributed by atoms with Gasteiger partial charge in [-0.25, -0.2) is 9.97 Å². The maximum atomic E-state index is 13.7. The number of alkyl halides is 3. The van der Waals surface area contributed by atoms with Gasteiger partial charge in [0.2, 0.25) is 5.82 Å². The fourth-order valence-electron chi connectivity index (χ4n) is 4.49. The molecule has 0 bridgehead atoms. The average molecular weight is 472 g/mol. The Bertz CT molecular complexity index is 1150. The minimum atomic E-state index is -4.55. The number of aromatic nitrogens is 3. The summed E-state index contributed by atoms with van der Waals surface area (Å²) in [4.78, 5) is 13.2. The highest BCUT2D eigenvalue weighted by Crippen LogP contribution is 2.32. The number of aryl methyl sites for hydroxylation is 2. The van der Waals surface area contributed by atoms with Crippen LogP contribution in [0.1, 0.15) is 42.1 Å². The number of piperazine rings is 1. The predicted molar refractivity (Wildman–Crippen MR) is 130 cm³/mol. The number of fused-ring (bicyclic) bond motifs is 1. The van der Waals surface area contributed by atoms with E-state index in [2.05, 4.69) is 45.8 Å². The van der Waals surface area contributed by atoms with Gasteiger partial charge in [-0.1, -0.05) is 36.4 Å². The van der Waals surface area contributed by atoms with Crippen LogP contribution in [0.3, 0.4) is 0 Å². The molecule has 0 spiro atoms. The molecule has 0 saturated carbocycles. The van der Waals surface area contributed by atoms with Crippen LogP contribution in [0.25, 0.3) is 17.2 Å². The van der Waals surface area contributed by atoms with E-state index in [9.17, 15) is 13.2 Å². The summed E-state index contributed by atoms with van der Waals surface area (Å²) in [7, 11) is 0. The van der Waals surface area contributed by atoms with E-state index in [0.29, 0.717) is 22.8 Å². The van der Waals surface area contributed by atoms with E-state index >= 15 is 0 Å². The minimum absolute atomic E-state index is 0.0609. The second kappa shape index (κ2) is 9.88. The molecule has 5 nitrogen and oxygen atoms in total. The second-order valence-electron chi connectivity index (χ2n) is 9.35. The highest BCUT2D eigenvalue weighted by molar-refractivity contribution is 5.76. The molecule has 3 heterocycles. The average Bonchev–Trinajstić information content (AvgIpc) is 3.14. The first kappa shape index (κ1) is 24.4. The molecule has 182 valence electrons. The lowest BCUT2D eigenvalue weighted by Gasteiger charge is -2.36. The number of pyridine rings is 1. The van der Waals surface area contributed by atoms with E-state index in [1.54, 1.807) is 19.9 Å². The van der Waals surface area contributed by atoms with Crippen LogP contribution in [-0.4, -0.2) is 63.1 Å². The summed E-state index contributed by atoms with van der Waals surface area (Å²) in [6.07, 6.45) is -0.328. The third-order valence-electron chi connectivity index (χ3n) is 6.41. The van der Waals surface area contributed by atoms with Gasteiger partial charge >= 0.3 is 6.18 Å². The molecule has 1 aliphatic heterocycles. The third-order valence-corrected chi connectivity index (χ3v) is 6.41. The van der Waals surface area contributed by atoms with Gasteiger partial charge in [-0.3, -0.25) is 9.80 Å². The normalized spacial score (nSPS) is 16.4. The van der Waals surface area contributed by atoms with Crippen molar-refractivity contribution in [2.75, 3.05) is 32.7 Å². The van der Waals surface area contributed by atoms with Crippen LogP contribution in [0.4, 0.5) is 13.2 Å². The number of hydrogen-bond acceptors (Lipinski definition) is 4. The number of imidazole rings is 1. The molecule has 0 N–H and O–H groups in total. The van der Waals surface area contributed by atoms with Crippen LogP contribution in [0.2, 0.25) is 0 Å². The van der Waals surface area contributed by atoms with Crippen LogP contribution >= 0.6 is 0 Å². The lowest BCUT2D eigenvalue weighted by molar-refractivity contribution is -0.146. The van der Waals surface area contributed by atoms with Crippen molar-refractivity contribution in [3.63, 3.8) is 0 Å². The van der Waals surface area contributed by atoms with E-state index < -0.39 is 12.0 Å². The van der Waals surface area contributed by atoms with Crippen molar-refractivity contribution in [3.8, 4) is 0 Å². The molecule has 4 rings (SSSR count). The number of benzene rings is 1. The molecular formula is C26H32F3N5. The van der Waals surface area contributed by atoms with E-state index in [4.69, 9.17) is 0 Å². The Morgan fingerprint density at radius 3 is 2.29 bits per heavy atom. The van der Waals surface area contributed by atoms with Gasteiger partial charge in [0.05, 0.1) is 6.54 Å². The standard InChI is InChI=1S/C26H32F3N5/c1-18(2)33-14-12-32(13-15-33)11-5-6-21-7-9-22(10-8-21)17-34-24-23(19(3)16-20(4)30-24)31-25(34)26(27,28)29/h5-10,16,18H,11-15,17H2,1-4H3. The van der Waals surface area contributed by atoms with E-state index in [0.717, 1.165) is 43.9 Å². The topological polar surface area (TPSA) is 37.2 Å². The van der Waals surface area contributed by atoms with E-state index in [1.165, 1.54) is 4.57 Å². The van der Waals surface area contributed by atoms with Gasteiger partial charge in [0.1, 0.15) is 5.52 Å². The molecule has 34 heavy (non-hydrogen) atoms. The van der Waals surface area contributed by atoms with E-state index in [1.807, 2.05) is 24.3 Å². The summed E-state index contributed by atoms with van der Waals surface area (Å²) in [5.41, 5.74) is 3.73. The molecule has 0 unspecified atom stereocenters. The van der Waals surface area contributed by atoms with Crippen LogP contribution in [-0.2, 0) is 12.7 Å². The smallest absolute Gasteiger partial charge is 0.301 e. The maximum Gasteiger partial charge on any atom is 0.449 e. The monoisotopic (exact) mass is 471 g/mol. The van der Waals surface area contributed by atoms with Gasteiger partial charge in [-0.15, -0.1) is 0 Å². The highest BCUT2D eigenvalue weighted by atomic mass is 19.4. The molecule has 1 aliphatic rings. The molecule has 8 heteroatoms. The minimum Gasteiger partial charge on any atom is -0.301 e. The first-order chi connectivity index (χ1) is 16.1. The summed E-state index contributed by atoms with van der Waals surface area (Å²) < 4.78 is 42.3. The Balaban J connectivity index is 1.45. The van der Waals surface area contributed by atoms with Gasteiger partial charge in [-0.2, -0.15) is 13.2 Å². The molecular weight excluding hydrogens is 439 g/mol. The summed E-state index contributed by atoms with van der Waals surface area (Å²) in [6, 6.07) is 9.97. The van der Waals surface area contributed by atoms with Crippen molar-refractivity contribution in [2.24, 2.45) is 0 Å². The van der Waals surface area contributed by atoms with Crippen molar-refractivity contribution < 1.29 is 13.2 Å². The molecule has 1 saturated heterocycles. The van der Waals surface area contributed by atoms with Crippen molar-refractivity contribution >= 4 is 17.2 Å².